The summed E-state index contributed by atoms with van der Waals surface area (Å²) in [6.07, 6.45) is 0.979. The minimum atomic E-state index is -0.744. The molecule has 0 saturated carbocycles. The van der Waals surface area contributed by atoms with E-state index in [-0.39, 0.29) is 12.5 Å². The molecule has 0 saturated heterocycles. The van der Waals surface area contributed by atoms with Crippen molar-refractivity contribution in [2.24, 2.45) is 0 Å². The molecule has 4 heteroatoms. The van der Waals surface area contributed by atoms with E-state index < -0.39 is 5.97 Å². The summed E-state index contributed by atoms with van der Waals surface area (Å²) in [6, 6.07) is 6.22. The molecular formula is C11H12BrNO2. The maximum Gasteiger partial charge on any atom is 0.304 e. The maximum atomic E-state index is 10.6. The predicted octanol–water partition coefficient (Wildman–Crippen LogP) is 1.94. The molecule has 1 aliphatic heterocycles. The van der Waals surface area contributed by atoms with Gasteiger partial charge in [0.2, 0.25) is 0 Å². The van der Waals surface area contributed by atoms with Crippen molar-refractivity contribution in [2.45, 2.75) is 25.4 Å². The van der Waals surface area contributed by atoms with E-state index in [9.17, 15) is 4.79 Å². The van der Waals surface area contributed by atoms with Crippen LogP contribution in [0.2, 0.25) is 0 Å². The molecule has 0 fully saturated rings. The first-order valence-corrected chi connectivity index (χ1v) is 5.67. The molecule has 0 aliphatic carbocycles. The molecule has 15 heavy (non-hydrogen) atoms. The molecule has 1 unspecified atom stereocenters. The lowest BCUT2D eigenvalue weighted by Gasteiger charge is -2.25. The molecule has 3 nitrogen and oxygen atoms in total. The molecule has 1 aromatic carbocycles. The van der Waals surface area contributed by atoms with Gasteiger partial charge in [0.15, 0.2) is 0 Å². The first-order chi connectivity index (χ1) is 7.15. The van der Waals surface area contributed by atoms with Gasteiger partial charge in [-0.15, -0.1) is 0 Å². The normalized spacial score (nSPS) is 19.7. The predicted molar refractivity (Wildman–Crippen MR) is 60.7 cm³/mol. The molecule has 0 aromatic heterocycles. The Kier molecular flexibility index (Phi) is 3.07. The Balaban J connectivity index is 2.14. The average molecular weight is 270 g/mol. The topological polar surface area (TPSA) is 49.3 Å². The van der Waals surface area contributed by atoms with Crippen molar-refractivity contribution in [1.29, 1.82) is 0 Å². The lowest BCUT2D eigenvalue weighted by molar-refractivity contribution is -0.137. The van der Waals surface area contributed by atoms with Gasteiger partial charge in [-0.25, -0.2) is 0 Å². The van der Waals surface area contributed by atoms with E-state index in [1.807, 2.05) is 6.07 Å². The summed E-state index contributed by atoms with van der Waals surface area (Å²) >= 11 is 3.42. The van der Waals surface area contributed by atoms with Gasteiger partial charge in [-0.1, -0.05) is 22.0 Å². The van der Waals surface area contributed by atoms with Gasteiger partial charge < -0.3 is 10.4 Å². The van der Waals surface area contributed by atoms with Crippen molar-refractivity contribution in [3.63, 3.8) is 0 Å². The second-order valence-corrected chi connectivity index (χ2v) is 4.71. The number of hydrogen-bond donors (Lipinski definition) is 2. The molecule has 1 aliphatic rings. The summed E-state index contributed by atoms with van der Waals surface area (Å²) in [7, 11) is 0. The van der Waals surface area contributed by atoms with E-state index in [2.05, 4.69) is 33.4 Å². The number of halogens is 1. The number of carboxylic acid groups (broad SMARTS) is 1. The monoisotopic (exact) mass is 269 g/mol. The standard InChI is InChI=1S/C11H12BrNO2/c12-9-2-1-7-6-13-10(5-11(14)15)4-8(7)3-9/h1-3,10,13H,4-6H2,(H,14,15). The Morgan fingerprint density at radius 1 is 1.53 bits per heavy atom. The summed E-state index contributed by atoms with van der Waals surface area (Å²) in [6.45, 7) is 0.764. The second-order valence-electron chi connectivity index (χ2n) is 3.79. The van der Waals surface area contributed by atoms with Crippen LogP contribution >= 0.6 is 15.9 Å². The van der Waals surface area contributed by atoms with Crippen LogP contribution in [-0.4, -0.2) is 17.1 Å². The fourth-order valence-electron chi connectivity index (χ4n) is 1.90. The molecule has 2 N–H and O–H groups in total. The van der Waals surface area contributed by atoms with Crippen LogP contribution in [0.25, 0.3) is 0 Å². The largest absolute Gasteiger partial charge is 0.481 e. The first-order valence-electron chi connectivity index (χ1n) is 4.87. The minimum Gasteiger partial charge on any atom is -0.481 e. The fraction of sp³-hybridized carbons (Fsp3) is 0.364. The third kappa shape index (κ3) is 2.58. The summed E-state index contributed by atoms with van der Waals surface area (Å²) in [4.78, 5) is 10.6. The van der Waals surface area contributed by atoms with Crippen molar-refractivity contribution in [3.8, 4) is 0 Å². The van der Waals surface area contributed by atoms with Crippen LogP contribution in [0.4, 0.5) is 0 Å². The number of nitrogens with one attached hydrogen (secondary N) is 1. The van der Waals surface area contributed by atoms with Crippen molar-refractivity contribution < 1.29 is 9.90 Å². The first kappa shape index (κ1) is 10.6. The van der Waals surface area contributed by atoms with Crippen LogP contribution in [0.1, 0.15) is 17.5 Å². The van der Waals surface area contributed by atoms with E-state index >= 15 is 0 Å². The lowest BCUT2D eigenvalue weighted by Crippen LogP contribution is -2.37. The Morgan fingerprint density at radius 2 is 2.33 bits per heavy atom. The van der Waals surface area contributed by atoms with E-state index in [4.69, 9.17) is 5.11 Å². The highest BCUT2D eigenvalue weighted by Gasteiger charge is 2.19. The Labute approximate surface area is 96.6 Å². The zero-order valence-electron chi connectivity index (χ0n) is 8.16. The number of hydrogen-bond acceptors (Lipinski definition) is 2. The quantitative estimate of drug-likeness (QED) is 0.863. The minimum absolute atomic E-state index is 0.0595. The second kappa shape index (κ2) is 4.33. The lowest BCUT2D eigenvalue weighted by atomic mass is 9.94. The summed E-state index contributed by atoms with van der Waals surface area (Å²) in [5, 5.41) is 11.9. The van der Waals surface area contributed by atoms with Crippen LogP contribution in [0.5, 0.6) is 0 Å². The van der Waals surface area contributed by atoms with Gasteiger partial charge in [-0.2, -0.15) is 0 Å². The van der Waals surface area contributed by atoms with Gasteiger partial charge in [0.25, 0.3) is 0 Å². The van der Waals surface area contributed by atoms with Crippen LogP contribution in [0.15, 0.2) is 22.7 Å². The molecule has 1 atom stereocenters. The summed E-state index contributed by atoms with van der Waals surface area (Å²) in [5.41, 5.74) is 2.51. The number of rotatable bonds is 2. The number of carbonyl (C=O) groups is 1. The number of fused-ring (bicyclic) bond motifs is 1. The molecule has 0 bridgehead atoms. The highest BCUT2D eigenvalue weighted by Crippen LogP contribution is 2.22. The zero-order valence-corrected chi connectivity index (χ0v) is 9.75. The molecule has 0 amide bonds. The number of carboxylic acids is 1. The van der Waals surface area contributed by atoms with Crippen molar-refractivity contribution in [3.05, 3.63) is 33.8 Å². The van der Waals surface area contributed by atoms with Gasteiger partial charge >= 0.3 is 5.97 Å². The molecule has 0 radical (unpaired) electrons. The molecular weight excluding hydrogens is 258 g/mol. The van der Waals surface area contributed by atoms with Gasteiger partial charge in [-0.3, -0.25) is 4.79 Å². The average Bonchev–Trinajstić information content (AvgIpc) is 2.16. The fourth-order valence-corrected chi connectivity index (χ4v) is 2.31. The third-order valence-corrected chi connectivity index (χ3v) is 3.13. The smallest absolute Gasteiger partial charge is 0.304 e. The number of benzene rings is 1. The number of aliphatic carboxylic acids is 1. The van der Waals surface area contributed by atoms with Crippen molar-refractivity contribution >= 4 is 21.9 Å². The van der Waals surface area contributed by atoms with Gasteiger partial charge in [0, 0.05) is 17.1 Å². The highest BCUT2D eigenvalue weighted by molar-refractivity contribution is 9.10. The Bertz CT molecular complexity index is 392. The third-order valence-electron chi connectivity index (χ3n) is 2.64. The summed E-state index contributed by atoms with van der Waals surface area (Å²) in [5.74, 6) is -0.744. The van der Waals surface area contributed by atoms with Gasteiger partial charge in [-0.05, 0) is 29.7 Å². The summed E-state index contributed by atoms with van der Waals surface area (Å²) < 4.78 is 1.05. The molecule has 0 spiro atoms. The van der Waals surface area contributed by atoms with E-state index in [0.29, 0.717) is 0 Å². The van der Waals surface area contributed by atoms with Crippen molar-refractivity contribution in [2.75, 3.05) is 0 Å². The van der Waals surface area contributed by atoms with E-state index in [1.54, 1.807) is 0 Å². The highest BCUT2D eigenvalue weighted by atomic mass is 79.9. The van der Waals surface area contributed by atoms with Gasteiger partial charge in [0.1, 0.15) is 0 Å². The maximum absolute atomic E-state index is 10.6. The van der Waals surface area contributed by atoms with Crippen molar-refractivity contribution in [1.82, 2.24) is 5.32 Å². The van der Waals surface area contributed by atoms with E-state index in [0.717, 1.165) is 17.4 Å². The van der Waals surface area contributed by atoms with E-state index in [1.165, 1.54) is 11.1 Å². The molecule has 1 aromatic rings. The van der Waals surface area contributed by atoms with Crippen LogP contribution in [-0.2, 0) is 17.8 Å². The Hall–Kier alpha value is -0.870. The molecule has 1 heterocycles. The SMILES string of the molecule is O=C(O)CC1Cc2cc(Br)ccc2CN1. The zero-order chi connectivity index (χ0) is 10.8. The Morgan fingerprint density at radius 3 is 3.07 bits per heavy atom. The van der Waals surface area contributed by atoms with Gasteiger partial charge in [0.05, 0.1) is 6.42 Å². The van der Waals surface area contributed by atoms with Crippen LogP contribution in [0.3, 0.4) is 0 Å². The van der Waals surface area contributed by atoms with Crippen LogP contribution < -0.4 is 5.32 Å². The van der Waals surface area contributed by atoms with Crippen LogP contribution in [0, 0.1) is 0 Å². The molecule has 2 rings (SSSR count). The molecule has 80 valence electrons.